The number of allylic oxidation sites excluding steroid dienone is 3. The van der Waals surface area contributed by atoms with Gasteiger partial charge in [0, 0.05) is 82.7 Å². The molecule has 3 atom stereocenters. The van der Waals surface area contributed by atoms with Gasteiger partial charge in [-0.3, -0.25) is 14.7 Å². The molecular weight excluding hydrogens is 1050 g/mol. The van der Waals surface area contributed by atoms with Gasteiger partial charge < -0.3 is 20.1 Å². The van der Waals surface area contributed by atoms with Crippen molar-refractivity contribution in [3.8, 4) is 5.75 Å². The number of nitrogens with two attached hydrogens (primary N) is 1. The first kappa shape index (κ1) is 70.2. The summed E-state index contributed by atoms with van der Waals surface area (Å²) in [6.07, 6.45) is 20.2. The number of hydrogen-bond acceptors (Lipinski definition) is 7. The standard InChI is InChI=1S/C26H34FNO.C24H37FN2.C20H31FN2.C4H10O/c1-20(2)18-23(19-26(3,4)21-10-12-22(27)13-11-21)28-16-14-25(15-17-28)29-24-8-6-5-7-9-24;1-19(2)17-23(18-24(3,4)20-7-9-21(25)10-8-20)27-15-11-22(12-16-27)26-13-5-6-14-26;1-15(2)13-19(23-11-9-18(22)10-12-23)14-20(3,4)16-5-7-17(21)8-6-16;1-3-5-4-2/h5-13,18,23,25H,14-17,19H2,1-4H3;7-10,17,22-23H,5-6,11-16,18H2,1-4H3;5-8,13,18-19H,9-12,14,22H2,1-4H3;3-4H2,1-2H3. The van der Waals surface area contributed by atoms with Crippen LogP contribution in [0.25, 0.3) is 0 Å². The molecule has 3 unspecified atom stereocenters. The molecule has 0 saturated carbocycles. The molecule has 0 spiro atoms. The maximum Gasteiger partial charge on any atom is 0.123 e. The first-order valence-electron chi connectivity index (χ1n) is 32.1. The number of piperidine rings is 3. The molecule has 7 nitrogen and oxygen atoms in total. The predicted molar refractivity (Wildman–Crippen MR) is 350 cm³/mol. The van der Waals surface area contributed by atoms with Crippen molar-refractivity contribution in [3.05, 3.63) is 172 Å². The van der Waals surface area contributed by atoms with Crippen molar-refractivity contribution in [3.63, 3.8) is 0 Å². The van der Waals surface area contributed by atoms with E-state index in [9.17, 15) is 13.2 Å². The number of hydrogen-bond donors (Lipinski definition) is 1. The molecule has 0 aromatic heterocycles. The van der Waals surface area contributed by atoms with Gasteiger partial charge in [-0.15, -0.1) is 0 Å². The van der Waals surface area contributed by atoms with Crippen LogP contribution in [0.3, 0.4) is 0 Å². The number of rotatable bonds is 20. The van der Waals surface area contributed by atoms with Crippen LogP contribution >= 0.6 is 0 Å². The van der Waals surface area contributed by atoms with Crippen LogP contribution in [-0.2, 0) is 21.0 Å². The van der Waals surface area contributed by atoms with E-state index in [1.54, 1.807) is 36.4 Å². The average molecular weight is 1160 g/mol. The summed E-state index contributed by atoms with van der Waals surface area (Å²) in [5.41, 5.74) is 13.7. The second kappa shape index (κ2) is 34.7. The zero-order chi connectivity index (χ0) is 61.5. The molecule has 0 bridgehead atoms. The normalized spacial score (nSPS) is 18.4. The highest BCUT2D eigenvalue weighted by molar-refractivity contribution is 5.28. The molecule has 4 aromatic carbocycles. The number of halogens is 3. The van der Waals surface area contributed by atoms with Gasteiger partial charge in [0.15, 0.2) is 0 Å². The molecule has 0 radical (unpaired) electrons. The molecule has 4 aliphatic heterocycles. The van der Waals surface area contributed by atoms with Crippen LogP contribution < -0.4 is 10.5 Å². The molecule has 4 heterocycles. The molecule has 2 N–H and O–H groups in total. The quantitative estimate of drug-likeness (QED) is 0.0885. The van der Waals surface area contributed by atoms with Crippen LogP contribution in [0.2, 0.25) is 0 Å². The third-order valence-electron chi connectivity index (χ3n) is 17.7. The Labute approximate surface area is 509 Å². The van der Waals surface area contributed by atoms with E-state index in [2.05, 4.69) is 121 Å². The van der Waals surface area contributed by atoms with E-state index in [-0.39, 0.29) is 39.8 Å². The van der Waals surface area contributed by atoms with Gasteiger partial charge in [-0.05, 0) is 221 Å². The molecule has 4 aliphatic rings. The van der Waals surface area contributed by atoms with Gasteiger partial charge in [-0.25, -0.2) is 13.2 Å². The summed E-state index contributed by atoms with van der Waals surface area (Å²) in [6, 6.07) is 33.5. The van der Waals surface area contributed by atoms with E-state index in [1.807, 2.05) is 80.6 Å². The highest BCUT2D eigenvalue weighted by Crippen LogP contribution is 2.36. The van der Waals surface area contributed by atoms with Gasteiger partial charge in [0.2, 0.25) is 0 Å². The van der Waals surface area contributed by atoms with Gasteiger partial charge in [-0.1, -0.05) is 131 Å². The number of benzene rings is 4. The van der Waals surface area contributed by atoms with E-state index in [1.165, 1.54) is 85.3 Å². The van der Waals surface area contributed by atoms with Crippen molar-refractivity contribution in [1.82, 2.24) is 19.6 Å². The fourth-order valence-corrected chi connectivity index (χ4v) is 12.8. The smallest absolute Gasteiger partial charge is 0.123 e. The summed E-state index contributed by atoms with van der Waals surface area (Å²) in [7, 11) is 0. The van der Waals surface area contributed by atoms with Gasteiger partial charge in [0.05, 0.1) is 0 Å². The zero-order valence-electron chi connectivity index (χ0n) is 54.7. The second-order valence-corrected chi connectivity index (χ2v) is 27.1. The third-order valence-corrected chi connectivity index (χ3v) is 17.7. The fraction of sp³-hybridized carbons (Fsp3) is 0.595. The molecule has 10 heteroatoms. The first-order valence-corrected chi connectivity index (χ1v) is 32.1. The Morgan fingerprint density at radius 1 is 0.476 bits per heavy atom. The summed E-state index contributed by atoms with van der Waals surface area (Å²) in [5, 5.41) is 0. The van der Waals surface area contributed by atoms with Crippen molar-refractivity contribution in [1.29, 1.82) is 0 Å². The monoisotopic (exact) mass is 1160 g/mol. The summed E-state index contributed by atoms with van der Waals surface area (Å²) >= 11 is 0. The summed E-state index contributed by atoms with van der Waals surface area (Å²) in [4.78, 5) is 10.5. The summed E-state index contributed by atoms with van der Waals surface area (Å²) in [6.45, 7) is 41.5. The third kappa shape index (κ3) is 24.0. The van der Waals surface area contributed by atoms with Crippen molar-refractivity contribution in [2.75, 3.05) is 65.6 Å². The first-order chi connectivity index (χ1) is 39.9. The maximum atomic E-state index is 13.4. The average Bonchev–Trinajstić information content (AvgIpc) is 3.62. The second-order valence-electron chi connectivity index (χ2n) is 27.1. The Bertz CT molecular complexity index is 2540. The molecule has 4 aromatic rings. The van der Waals surface area contributed by atoms with E-state index >= 15 is 0 Å². The Balaban J connectivity index is 0.000000222. The Morgan fingerprint density at radius 3 is 1.11 bits per heavy atom. The van der Waals surface area contributed by atoms with Gasteiger partial charge in [0.1, 0.15) is 29.3 Å². The van der Waals surface area contributed by atoms with Gasteiger partial charge in [-0.2, -0.15) is 0 Å². The SMILES string of the molecule is CC(C)=CC(CC(C)(C)c1ccc(F)cc1)N1CCC(N)CC1.CC(C)=CC(CC(C)(C)c1ccc(F)cc1)N1CCC(N2CCCC2)CC1.CC(C)=CC(CC(C)(C)c1ccc(F)cc1)N1CCC(Oc2ccccc2)CC1.CCOCC. The minimum absolute atomic E-state index is 0.00385. The van der Waals surface area contributed by atoms with Crippen LogP contribution in [0.5, 0.6) is 5.75 Å². The molecule has 466 valence electrons. The number of para-hydroxylation sites is 1. The number of nitrogens with zero attached hydrogens (tertiary/aromatic N) is 4. The van der Waals surface area contributed by atoms with Crippen LogP contribution in [0, 0.1) is 17.5 Å². The largest absolute Gasteiger partial charge is 0.490 e. The van der Waals surface area contributed by atoms with Crippen LogP contribution in [-0.4, -0.2) is 121 Å². The van der Waals surface area contributed by atoms with Crippen LogP contribution in [0.15, 0.2) is 138 Å². The minimum atomic E-state index is -0.175. The van der Waals surface area contributed by atoms with Crippen molar-refractivity contribution >= 4 is 0 Å². The van der Waals surface area contributed by atoms with E-state index in [4.69, 9.17) is 15.2 Å². The Kier molecular flexibility index (Phi) is 29.0. The summed E-state index contributed by atoms with van der Waals surface area (Å²) in [5.74, 6) is 0.463. The molecule has 4 fully saturated rings. The van der Waals surface area contributed by atoms with Gasteiger partial charge in [0.25, 0.3) is 0 Å². The molecule has 84 heavy (non-hydrogen) atoms. The lowest BCUT2D eigenvalue weighted by atomic mass is 9.78. The summed E-state index contributed by atoms with van der Waals surface area (Å²) < 4.78 is 50.9. The Hall–Kier alpha value is -4.55. The molecule has 0 aliphatic carbocycles. The molecule has 0 amide bonds. The zero-order valence-corrected chi connectivity index (χ0v) is 54.7. The van der Waals surface area contributed by atoms with Crippen LogP contribution in [0.1, 0.15) is 184 Å². The molecule has 8 rings (SSSR count). The lowest BCUT2D eigenvalue weighted by molar-refractivity contribution is 0.0792. The van der Waals surface area contributed by atoms with Crippen molar-refractivity contribution < 1.29 is 22.6 Å². The van der Waals surface area contributed by atoms with Gasteiger partial charge >= 0.3 is 0 Å². The van der Waals surface area contributed by atoms with E-state index < -0.39 is 0 Å². The minimum Gasteiger partial charge on any atom is -0.490 e. The highest BCUT2D eigenvalue weighted by Gasteiger charge is 2.34. The van der Waals surface area contributed by atoms with E-state index in [0.717, 1.165) is 96.1 Å². The number of likely N-dealkylation sites (tertiary alicyclic amines) is 4. The van der Waals surface area contributed by atoms with Crippen molar-refractivity contribution in [2.24, 2.45) is 5.73 Å². The van der Waals surface area contributed by atoms with Crippen LogP contribution in [0.4, 0.5) is 13.2 Å². The topological polar surface area (TPSA) is 57.4 Å². The fourth-order valence-electron chi connectivity index (χ4n) is 12.8. The molecule has 4 saturated heterocycles. The maximum absolute atomic E-state index is 13.4. The lowest BCUT2D eigenvalue weighted by Crippen LogP contribution is -2.48. The highest BCUT2D eigenvalue weighted by atomic mass is 19.1. The Morgan fingerprint density at radius 2 is 0.798 bits per heavy atom. The van der Waals surface area contributed by atoms with Crippen molar-refractivity contribution in [2.45, 2.75) is 220 Å². The predicted octanol–water partition coefficient (Wildman–Crippen LogP) is 17.1. The van der Waals surface area contributed by atoms with E-state index in [0.29, 0.717) is 24.2 Å². The number of ether oxygens (including phenoxy) is 2. The molecular formula is C74H112F3N5O2. The lowest BCUT2D eigenvalue weighted by Gasteiger charge is -2.42.